The number of ether oxygens (including phenoxy) is 2. The fraction of sp³-hybridized carbons (Fsp3) is 0.400. The van der Waals surface area contributed by atoms with E-state index in [0.29, 0.717) is 37.0 Å². The van der Waals surface area contributed by atoms with E-state index in [4.69, 9.17) is 24.4 Å². The zero-order valence-corrected chi connectivity index (χ0v) is 22.9. The molecular formula is C30H35N7O3. The van der Waals surface area contributed by atoms with Crippen molar-refractivity contribution >= 4 is 34.3 Å². The van der Waals surface area contributed by atoms with Gasteiger partial charge in [0, 0.05) is 68.6 Å². The van der Waals surface area contributed by atoms with Crippen LogP contribution >= 0.6 is 0 Å². The summed E-state index contributed by atoms with van der Waals surface area (Å²) in [7, 11) is 0. The third kappa shape index (κ3) is 5.99. The number of carbonyl (C=O) groups is 1. The second kappa shape index (κ2) is 12.1. The summed E-state index contributed by atoms with van der Waals surface area (Å²) in [5, 5.41) is 3.41. The second-order valence-corrected chi connectivity index (χ2v) is 10.1. The molecule has 6 rings (SSSR count). The molecular weight excluding hydrogens is 506 g/mol. The normalized spacial score (nSPS) is 16.4. The molecule has 10 nitrogen and oxygen atoms in total. The molecule has 0 spiro atoms. The minimum absolute atomic E-state index is 0.129. The summed E-state index contributed by atoms with van der Waals surface area (Å²) in [5.74, 6) is 1.49. The summed E-state index contributed by atoms with van der Waals surface area (Å²) in [6, 6.07) is 15.8. The summed E-state index contributed by atoms with van der Waals surface area (Å²) in [4.78, 5) is 31.1. The van der Waals surface area contributed by atoms with Gasteiger partial charge in [0.15, 0.2) is 5.78 Å². The van der Waals surface area contributed by atoms with E-state index < -0.39 is 0 Å². The number of imidazole rings is 1. The maximum absolute atomic E-state index is 12.0. The largest absolute Gasteiger partial charge is 0.379 e. The van der Waals surface area contributed by atoms with Crippen LogP contribution in [0.4, 0.5) is 17.5 Å². The minimum Gasteiger partial charge on any atom is -0.379 e. The number of morpholine rings is 2. The van der Waals surface area contributed by atoms with Crippen molar-refractivity contribution in [3.63, 3.8) is 0 Å². The van der Waals surface area contributed by atoms with E-state index in [1.807, 2.05) is 43.6 Å². The van der Waals surface area contributed by atoms with Gasteiger partial charge in [-0.15, -0.1) is 0 Å². The lowest BCUT2D eigenvalue weighted by Gasteiger charge is -2.27. The molecule has 4 aromatic rings. The van der Waals surface area contributed by atoms with Gasteiger partial charge in [0.2, 0.25) is 5.95 Å². The van der Waals surface area contributed by atoms with Gasteiger partial charge >= 0.3 is 0 Å². The van der Waals surface area contributed by atoms with E-state index in [2.05, 4.69) is 37.9 Å². The molecule has 0 unspecified atom stereocenters. The number of hydrogen-bond acceptors (Lipinski definition) is 9. The molecule has 4 heterocycles. The Morgan fingerprint density at radius 2 is 1.65 bits per heavy atom. The predicted octanol–water partition coefficient (Wildman–Crippen LogP) is 4.00. The third-order valence-electron chi connectivity index (χ3n) is 7.49. The average Bonchev–Trinajstić information content (AvgIpc) is 3.43. The highest BCUT2D eigenvalue weighted by Gasteiger charge is 2.18. The number of nitrogens with one attached hydrogen (secondary N) is 1. The maximum atomic E-state index is 12.0. The first-order valence-electron chi connectivity index (χ1n) is 14.0. The monoisotopic (exact) mass is 541 g/mol. The molecule has 0 aliphatic carbocycles. The highest BCUT2D eigenvalue weighted by Crippen LogP contribution is 2.28. The van der Waals surface area contributed by atoms with Crippen molar-refractivity contribution in [1.29, 1.82) is 0 Å². The molecule has 208 valence electrons. The first-order chi connectivity index (χ1) is 19.7. The van der Waals surface area contributed by atoms with Gasteiger partial charge < -0.3 is 24.3 Å². The van der Waals surface area contributed by atoms with E-state index >= 15 is 0 Å². The molecule has 2 aromatic heterocycles. The number of hydrogen-bond donors (Lipinski definition) is 1. The number of Topliss-reactive ketones (excluding diaryl/α,β-unsaturated/α-hetero) is 1. The molecule has 1 N–H and O–H groups in total. The Balaban J connectivity index is 1.27. The SMILES string of the molecule is CCC(=O)c1ccc(Nc2cc(-c3ccc4c(c3)ncn4CCN3CCOCC3)nc(N3CCOCC3)n2)cc1. The molecule has 0 amide bonds. The van der Waals surface area contributed by atoms with Crippen LogP contribution in [0.1, 0.15) is 23.7 Å². The molecule has 2 saturated heterocycles. The minimum atomic E-state index is 0.129. The van der Waals surface area contributed by atoms with Crippen LogP contribution in [0.2, 0.25) is 0 Å². The highest BCUT2D eigenvalue weighted by atomic mass is 16.5. The van der Waals surface area contributed by atoms with E-state index in [1.165, 1.54) is 0 Å². The zero-order chi connectivity index (χ0) is 27.3. The zero-order valence-electron chi connectivity index (χ0n) is 22.9. The van der Waals surface area contributed by atoms with Crippen molar-refractivity contribution in [2.45, 2.75) is 19.9 Å². The summed E-state index contributed by atoms with van der Waals surface area (Å²) in [5.41, 5.74) is 5.43. The Bertz CT molecular complexity index is 1460. The van der Waals surface area contributed by atoms with Gasteiger partial charge in [-0.25, -0.2) is 9.97 Å². The number of nitrogens with zero attached hydrogens (tertiary/aromatic N) is 6. The molecule has 2 aromatic carbocycles. The number of rotatable bonds is 9. The van der Waals surface area contributed by atoms with E-state index in [-0.39, 0.29) is 5.78 Å². The van der Waals surface area contributed by atoms with Crippen molar-refractivity contribution in [3.8, 4) is 11.3 Å². The smallest absolute Gasteiger partial charge is 0.228 e. The summed E-state index contributed by atoms with van der Waals surface area (Å²) >= 11 is 0. The maximum Gasteiger partial charge on any atom is 0.228 e. The van der Waals surface area contributed by atoms with Gasteiger partial charge in [-0.05, 0) is 36.4 Å². The van der Waals surface area contributed by atoms with Crippen molar-refractivity contribution in [1.82, 2.24) is 24.4 Å². The van der Waals surface area contributed by atoms with Crippen molar-refractivity contribution in [2.75, 3.05) is 69.4 Å². The molecule has 0 bridgehead atoms. The first kappa shape index (κ1) is 26.4. The number of carbonyl (C=O) groups excluding carboxylic acids is 1. The van der Waals surface area contributed by atoms with E-state index in [9.17, 15) is 4.79 Å². The van der Waals surface area contributed by atoms with Crippen LogP contribution in [-0.2, 0) is 16.0 Å². The van der Waals surface area contributed by atoms with Crippen molar-refractivity contribution in [3.05, 3.63) is 60.4 Å². The molecule has 2 aliphatic heterocycles. The highest BCUT2D eigenvalue weighted by molar-refractivity contribution is 5.96. The molecule has 0 radical (unpaired) electrons. The van der Waals surface area contributed by atoms with Gasteiger partial charge in [-0.1, -0.05) is 13.0 Å². The van der Waals surface area contributed by atoms with Crippen LogP contribution < -0.4 is 10.2 Å². The average molecular weight is 542 g/mol. The number of fused-ring (bicyclic) bond motifs is 1. The van der Waals surface area contributed by atoms with Crippen molar-refractivity contribution < 1.29 is 14.3 Å². The Labute approximate surface area is 233 Å². The number of anilines is 3. The summed E-state index contributed by atoms with van der Waals surface area (Å²) < 4.78 is 13.2. The lowest BCUT2D eigenvalue weighted by molar-refractivity contribution is 0.0365. The van der Waals surface area contributed by atoms with Gasteiger partial charge in [0.1, 0.15) is 5.82 Å². The van der Waals surface area contributed by atoms with Gasteiger partial charge in [-0.2, -0.15) is 4.98 Å². The summed E-state index contributed by atoms with van der Waals surface area (Å²) in [6.45, 7) is 10.1. The van der Waals surface area contributed by atoms with Crippen LogP contribution in [0.5, 0.6) is 0 Å². The Morgan fingerprint density at radius 3 is 2.40 bits per heavy atom. The topological polar surface area (TPSA) is 97.6 Å². The number of benzene rings is 2. The van der Waals surface area contributed by atoms with Gasteiger partial charge in [0.25, 0.3) is 0 Å². The van der Waals surface area contributed by atoms with Crippen LogP contribution in [0.25, 0.3) is 22.3 Å². The van der Waals surface area contributed by atoms with Gasteiger partial charge in [-0.3, -0.25) is 9.69 Å². The van der Waals surface area contributed by atoms with Crippen molar-refractivity contribution in [2.24, 2.45) is 0 Å². The lowest BCUT2D eigenvalue weighted by atomic mass is 10.1. The molecule has 0 atom stereocenters. The molecule has 10 heteroatoms. The predicted molar refractivity (Wildman–Crippen MR) is 155 cm³/mol. The Hall–Kier alpha value is -3.86. The Morgan fingerprint density at radius 1 is 0.900 bits per heavy atom. The van der Waals surface area contributed by atoms with Crippen LogP contribution in [-0.4, -0.2) is 89.4 Å². The van der Waals surface area contributed by atoms with Crippen LogP contribution in [0.15, 0.2) is 54.9 Å². The Kier molecular flexibility index (Phi) is 7.99. The number of ketones is 1. The fourth-order valence-electron chi connectivity index (χ4n) is 5.12. The van der Waals surface area contributed by atoms with Crippen LogP contribution in [0.3, 0.4) is 0 Å². The second-order valence-electron chi connectivity index (χ2n) is 10.1. The molecule has 2 fully saturated rings. The van der Waals surface area contributed by atoms with E-state index in [1.54, 1.807) is 0 Å². The molecule has 0 saturated carbocycles. The quantitative estimate of drug-likeness (QED) is 0.315. The third-order valence-corrected chi connectivity index (χ3v) is 7.49. The van der Waals surface area contributed by atoms with E-state index in [0.717, 1.165) is 80.5 Å². The number of aromatic nitrogens is 4. The standard InChI is InChI=1S/C30H35N7O3/c1-2-28(38)22-3-6-24(7-4-22)32-29-20-25(33-30(34-29)36-13-17-40-18-14-36)23-5-8-27-26(19-23)31-21-37(27)10-9-35-11-15-39-16-12-35/h3-8,19-21H,2,9-18H2,1H3,(H,32,33,34). The fourth-order valence-corrected chi connectivity index (χ4v) is 5.12. The molecule has 2 aliphatic rings. The van der Waals surface area contributed by atoms with Gasteiger partial charge in [0.05, 0.1) is 49.5 Å². The molecule has 40 heavy (non-hydrogen) atoms. The summed E-state index contributed by atoms with van der Waals surface area (Å²) in [6.07, 6.45) is 2.41. The lowest BCUT2D eigenvalue weighted by Crippen LogP contribution is -2.38. The van der Waals surface area contributed by atoms with Crippen LogP contribution in [0, 0.1) is 0 Å². The first-order valence-corrected chi connectivity index (χ1v) is 14.0.